The number of nitrogens with zero attached hydrogens (tertiary/aromatic N) is 2. The zero-order valence-electron chi connectivity index (χ0n) is 20.6. The summed E-state index contributed by atoms with van der Waals surface area (Å²) < 4.78 is 11.9. The molecule has 1 atom stereocenters. The molecule has 0 spiro atoms. The van der Waals surface area contributed by atoms with Gasteiger partial charge in [0.2, 0.25) is 11.8 Å². The zero-order chi connectivity index (χ0) is 25.0. The standard InChI is InChI=1S/C25H33N3O5S/c1-13(2)7-20-16(5)23(34-17(20)6)25-28-27-24(33-25)18-8-14(3)22(15(4)9-18)32-12-19(30)10-26-21(31)11-29/h8-9,13,19,29-30H,7,10-12H2,1-6H3,(H,26,31)/t19-/m1/s1. The second kappa shape index (κ2) is 11.1. The van der Waals surface area contributed by atoms with E-state index in [2.05, 4.69) is 43.2 Å². The SMILES string of the molecule is Cc1cc(-c2nnc(-c3sc(C)c(CC(C)C)c3C)o2)cc(C)c1OC[C@H](O)CNC(=O)CO. The molecule has 9 heteroatoms. The molecule has 1 amide bonds. The van der Waals surface area contributed by atoms with Gasteiger partial charge in [0.15, 0.2) is 0 Å². The summed E-state index contributed by atoms with van der Waals surface area (Å²) in [5.74, 6) is 1.65. The summed E-state index contributed by atoms with van der Waals surface area (Å²) in [6, 6.07) is 3.83. The van der Waals surface area contributed by atoms with E-state index < -0.39 is 18.6 Å². The van der Waals surface area contributed by atoms with Crippen molar-refractivity contribution < 1.29 is 24.2 Å². The van der Waals surface area contributed by atoms with Gasteiger partial charge in [-0.1, -0.05) is 13.8 Å². The van der Waals surface area contributed by atoms with Crippen molar-refractivity contribution in [3.8, 4) is 28.0 Å². The van der Waals surface area contributed by atoms with Gasteiger partial charge in [-0.2, -0.15) is 0 Å². The summed E-state index contributed by atoms with van der Waals surface area (Å²) in [6.07, 6.45) is 0.128. The van der Waals surface area contributed by atoms with E-state index in [0.29, 0.717) is 23.4 Å². The topological polar surface area (TPSA) is 118 Å². The Morgan fingerprint density at radius 3 is 2.41 bits per heavy atom. The minimum Gasteiger partial charge on any atom is -0.490 e. The van der Waals surface area contributed by atoms with Gasteiger partial charge in [-0.05, 0) is 74.4 Å². The monoisotopic (exact) mass is 487 g/mol. The van der Waals surface area contributed by atoms with E-state index in [-0.39, 0.29) is 13.2 Å². The molecule has 184 valence electrons. The second-order valence-electron chi connectivity index (χ2n) is 8.97. The van der Waals surface area contributed by atoms with Crippen LogP contribution in [0.2, 0.25) is 0 Å². The minimum absolute atomic E-state index is 0.000821. The number of aliphatic hydroxyl groups excluding tert-OH is 2. The maximum atomic E-state index is 11.1. The van der Waals surface area contributed by atoms with Crippen LogP contribution in [0.3, 0.4) is 0 Å². The quantitative estimate of drug-likeness (QED) is 0.399. The van der Waals surface area contributed by atoms with E-state index in [0.717, 1.165) is 28.0 Å². The number of thiophene rings is 1. The number of ether oxygens (including phenoxy) is 1. The molecule has 2 heterocycles. The molecular weight excluding hydrogens is 454 g/mol. The average molecular weight is 488 g/mol. The van der Waals surface area contributed by atoms with Gasteiger partial charge < -0.3 is 24.7 Å². The first-order chi connectivity index (χ1) is 16.1. The number of hydrogen-bond donors (Lipinski definition) is 3. The Morgan fingerprint density at radius 1 is 1.15 bits per heavy atom. The molecule has 3 N–H and O–H groups in total. The number of rotatable bonds is 10. The third kappa shape index (κ3) is 6.02. The van der Waals surface area contributed by atoms with Crippen LogP contribution in [0.5, 0.6) is 5.75 Å². The fourth-order valence-corrected chi connectivity index (χ4v) is 4.97. The maximum Gasteiger partial charge on any atom is 0.258 e. The van der Waals surface area contributed by atoms with Crippen molar-refractivity contribution in [1.29, 1.82) is 0 Å². The summed E-state index contributed by atoms with van der Waals surface area (Å²) >= 11 is 1.69. The predicted molar refractivity (Wildman–Crippen MR) is 132 cm³/mol. The molecule has 2 aromatic heterocycles. The molecule has 0 radical (unpaired) electrons. The van der Waals surface area contributed by atoms with Crippen LogP contribution in [-0.4, -0.2) is 52.2 Å². The number of nitrogens with one attached hydrogen (secondary N) is 1. The number of aliphatic hydroxyl groups is 2. The van der Waals surface area contributed by atoms with Crippen LogP contribution >= 0.6 is 11.3 Å². The number of aromatic nitrogens is 2. The van der Waals surface area contributed by atoms with Crippen LogP contribution in [0.1, 0.15) is 41.0 Å². The average Bonchev–Trinajstić information content (AvgIpc) is 3.37. The Labute approximate surface area is 204 Å². The predicted octanol–water partition coefficient (Wildman–Crippen LogP) is 3.75. The number of amides is 1. The fraction of sp³-hybridized carbons (Fsp3) is 0.480. The van der Waals surface area contributed by atoms with Crippen molar-refractivity contribution in [1.82, 2.24) is 15.5 Å². The first-order valence-electron chi connectivity index (χ1n) is 11.3. The molecule has 0 fully saturated rings. The molecule has 0 aliphatic carbocycles. The largest absolute Gasteiger partial charge is 0.490 e. The fourth-order valence-electron chi connectivity index (χ4n) is 3.86. The Morgan fingerprint density at radius 2 is 1.79 bits per heavy atom. The van der Waals surface area contributed by atoms with E-state index >= 15 is 0 Å². The van der Waals surface area contributed by atoms with Crippen molar-refractivity contribution in [2.24, 2.45) is 5.92 Å². The maximum absolute atomic E-state index is 11.1. The van der Waals surface area contributed by atoms with E-state index in [1.54, 1.807) is 11.3 Å². The number of carbonyl (C=O) groups excluding carboxylic acids is 1. The summed E-state index contributed by atoms with van der Waals surface area (Å²) in [4.78, 5) is 13.4. The van der Waals surface area contributed by atoms with Crippen LogP contribution in [-0.2, 0) is 11.2 Å². The lowest BCUT2D eigenvalue weighted by molar-refractivity contribution is -0.124. The molecular formula is C25H33N3O5S. The lowest BCUT2D eigenvalue weighted by atomic mass is 9.99. The molecule has 0 aliphatic heterocycles. The van der Waals surface area contributed by atoms with Crippen molar-refractivity contribution >= 4 is 17.2 Å². The van der Waals surface area contributed by atoms with E-state index in [9.17, 15) is 9.90 Å². The van der Waals surface area contributed by atoms with Crippen molar-refractivity contribution in [3.63, 3.8) is 0 Å². The van der Waals surface area contributed by atoms with Crippen LogP contribution in [0.15, 0.2) is 16.5 Å². The highest BCUT2D eigenvalue weighted by atomic mass is 32.1. The normalized spacial score (nSPS) is 12.3. The summed E-state index contributed by atoms with van der Waals surface area (Å²) in [7, 11) is 0. The van der Waals surface area contributed by atoms with E-state index in [1.807, 2.05) is 26.0 Å². The highest BCUT2D eigenvalue weighted by Crippen LogP contribution is 2.38. The van der Waals surface area contributed by atoms with Gasteiger partial charge in [-0.25, -0.2) is 0 Å². The first-order valence-corrected chi connectivity index (χ1v) is 12.1. The molecule has 34 heavy (non-hydrogen) atoms. The lowest BCUT2D eigenvalue weighted by Gasteiger charge is -2.16. The molecule has 0 aliphatic rings. The Kier molecular flexibility index (Phi) is 8.46. The van der Waals surface area contributed by atoms with Crippen LogP contribution < -0.4 is 10.1 Å². The number of benzene rings is 1. The third-order valence-corrected chi connectivity index (χ3v) is 6.75. The summed E-state index contributed by atoms with van der Waals surface area (Å²) in [5.41, 5.74) is 5.09. The molecule has 1 aromatic carbocycles. The summed E-state index contributed by atoms with van der Waals surface area (Å²) in [5, 5.41) is 29.8. The van der Waals surface area contributed by atoms with Gasteiger partial charge in [0, 0.05) is 17.0 Å². The molecule has 0 saturated carbocycles. The van der Waals surface area contributed by atoms with Crippen LogP contribution in [0.25, 0.3) is 22.2 Å². The minimum atomic E-state index is -0.898. The summed E-state index contributed by atoms with van der Waals surface area (Å²) in [6.45, 7) is 11.9. The Bertz CT molecular complexity index is 1130. The van der Waals surface area contributed by atoms with E-state index in [4.69, 9.17) is 14.3 Å². The van der Waals surface area contributed by atoms with E-state index in [1.165, 1.54) is 16.0 Å². The van der Waals surface area contributed by atoms with Gasteiger partial charge >= 0.3 is 0 Å². The first kappa shape index (κ1) is 25.9. The number of aryl methyl sites for hydroxylation is 3. The van der Waals surface area contributed by atoms with Gasteiger partial charge in [-0.3, -0.25) is 4.79 Å². The van der Waals surface area contributed by atoms with Crippen molar-refractivity contribution in [2.45, 2.75) is 54.1 Å². The second-order valence-corrected chi connectivity index (χ2v) is 10.2. The molecule has 0 unspecified atom stereocenters. The van der Waals surface area contributed by atoms with Gasteiger partial charge in [0.25, 0.3) is 5.89 Å². The zero-order valence-corrected chi connectivity index (χ0v) is 21.4. The smallest absolute Gasteiger partial charge is 0.258 e. The highest BCUT2D eigenvalue weighted by Gasteiger charge is 2.20. The molecule has 8 nitrogen and oxygen atoms in total. The van der Waals surface area contributed by atoms with Crippen molar-refractivity contribution in [2.75, 3.05) is 19.8 Å². The third-order valence-electron chi connectivity index (χ3n) is 5.51. The molecule has 3 aromatic rings. The highest BCUT2D eigenvalue weighted by molar-refractivity contribution is 7.15. The van der Waals surface area contributed by atoms with Crippen LogP contribution in [0, 0.1) is 33.6 Å². The molecule has 0 saturated heterocycles. The van der Waals surface area contributed by atoms with Gasteiger partial charge in [0.05, 0.1) is 4.88 Å². The van der Waals surface area contributed by atoms with Gasteiger partial charge in [-0.15, -0.1) is 21.5 Å². The molecule has 3 rings (SSSR count). The lowest BCUT2D eigenvalue weighted by Crippen LogP contribution is -2.36. The van der Waals surface area contributed by atoms with Crippen LogP contribution in [0.4, 0.5) is 0 Å². The Balaban J connectivity index is 1.76. The van der Waals surface area contributed by atoms with Crippen molar-refractivity contribution in [3.05, 3.63) is 39.3 Å². The number of carbonyl (C=O) groups is 1. The molecule has 0 bridgehead atoms. The Hall–Kier alpha value is -2.75. The van der Waals surface area contributed by atoms with Gasteiger partial charge in [0.1, 0.15) is 25.1 Å². The number of hydrogen-bond acceptors (Lipinski definition) is 8.